The van der Waals surface area contributed by atoms with Crippen molar-refractivity contribution in [1.82, 2.24) is 16.1 Å². The predicted octanol–water partition coefficient (Wildman–Crippen LogP) is 1.37. The molecule has 7 aliphatic heterocycles. The van der Waals surface area contributed by atoms with Crippen molar-refractivity contribution in [2.45, 2.75) is 52.4 Å². The molecule has 7 aromatic carbocycles. The molecule has 3 N–H and O–H groups in total. The first-order valence-electron chi connectivity index (χ1n) is 35.1. The van der Waals surface area contributed by atoms with Crippen LogP contribution in [-0.4, -0.2) is 178 Å². The number of hydrogen-bond acceptors (Lipinski definition) is 27. The number of piperazine rings is 1. The summed E-state index contributed by atoms with van der Waals surface area (Å²) in [5, 5.41) is 82.7. The van der Waals surface area contributed by atoms with E-state index in [1.807, 2.05) is 71.9 Å². The van der Waals surface area contributed by atoms with Crippen molar-refractivity contribution in [2.75, 3.05) is 171 Å². The standard InChI is InChI=1S/C16H23NO2.C11H14N2O2.C11H13NO3.2C10H12N2O2.C10H11NO3.C10H11NO2S/c1-12-10-14(11-13(2)15(12)16(18)19)17-8-6-4-3-5-7-9-17;14-11(15)9-1-3-10(4-2-9)13-7-5-12-6-8-13;13-11(14)9-1-3-10(4-2-9)12-5-7-15-8-6-12;13-10(14)8-2-4-9(5-3-8)12-7-1-6-11-12;13-10(14)8-1-3-9(4-2-8)12-6-5-11-7-12;2*12-10(13)8-1-3-9(4-2-8)11-5-6-14-7-11/h10-11H,3-9H2,1-2H3,(H,18,19);1-4,12H,5-8H2,(H,14,15);1-4H,5-8H2,(H,13,14);2-5,11H,1,6-7H2,(H,13,14);1-4,11H,5-7H2,(H,13,14);2*1-4H,5-7H2,(H,12,13)/p-7. The fourth-order valence-corrected chi connectivity index (χ4v) is 13.2. The molecule has 14 rings (SSSR count). The van der Waals surface area contributed by atoms with Crippen LogP contribution in [0.1, 0.15) is 122 Å². The van der Waals surface area contributed by atoms with Gasteiger partial charge in [-0.05, 0) is 163 Å². The van der Waals surface area contributed by atoms with Gasteiger partial charge in [0, 0.05) is 137 Å². The molecule has 26 nitrogen and oxygen atoms in total. The normalized spacial score (nSPS) is 16.2. The molecule has 0 aromatic heterocycles. The van der Waals surface area contributed by atoms with Gasteiger partial charge < -0.3 is 119 Å². The molecule has 7 saturated heterocycles. The molecule has 27 heteroatoms. The predicted molar refractivity (Wildman–Crippen MR) is 391 cm³/mol. The molecule has 7 heterocycles. The monoisotopic (exact) mass is 1450 g/mol. The number of rotatable bonds is 14. The van der Waals surface area contributed by atoms with Gasteiger partial charge in [0.2, 0.25) is 0 Å². The Morgan fingerprint density at radius 2 is 0.686 bits per heavy atom. The number of ether oxygens (including phenoxy) is 2. The van der Waals surface area contributed by atoms with Gasteiger partial charge in [-0.3, -0.25) is 5.32 Å². The Morgan fingerprint density at radius 1 is 0.333 bits per heavy atom. The molecule has 0 spiro atoms. The van der Waals surface area contributed by atoms with Crippen molar-refractivity contribution in [3.63, 3.8) is 0 Å². The number of hydrazine groups is 1. The van der Waals surface area contributed by atoms with E-state index in [2.05, 4.69) is 40.6 Å². The van der Waals surface area contributed by atoms with Crippen molar-refractivity contribution < 1.29 is 78.8 Å². The van der Waals surface area contributed by atoms with E-state index in [1.54, 1.807) is 121 Å². The number of carboxylic acid groups (broad SMARTS) is 7. The minimum Gasteiger partial charge on any atom is -0.545 e. The molecule has 0 unspecified atom stereocenters. The zero-order valence-electron chi connectivity index (χ0n) is 59.2. The number of thioether (sulfide) groups is 1. The molecule has 0 aliphatic carbocycles. The Bertz CT molecular complexity index is 3520. The van der Waals surface area contributed by atoms with Gasteiger partial charge in [0.05, 0.1) is 79.8 Å². The van der Waals surface area contributed by atoms with E-state index in [9.17, 15) is 69.3 Å². The van der Waals surface area contributed by atoms with Gasteiger partial charge >= 0.3 is 0 Å². The third kappa shape index (κ3) is 25.5. The van der Waals surface area contributed by atoms with Crippen LogP contribution in [0, 0.1) is 13.8 Å². The second kappa shape index (κ2) is 41.8. The molecule has 105 heavy (non-hydrogen) atoms. The van der Waals surface area contributed by atoms with Crippen LogP contribution < -0.4 is 86.2 Å². The molecular formula is C78H89N10O16S-7. The van der Waals surface area contributed by atoms with E-state index in [1.165, 1.54) is 32.1 Å². The quantitative estimate of drug-likeness (QED) is 0.138. The highest BCUT2D eigenvalue weighted by Crippen LogP contribution is 2.27. The number of carbonyl (C=O) groups excluding carboxylic acids is 7. The zero-order valence-corrected chi connectivity index (χ0v) is 60.0. The Hall–Kier alpha value is -10.4. The first-order chi connectivity index (χ1) is 50.7. The number of aromatic carboxylic acids is 7. The first-order valence-corrected chi connectivity index (χ1v) is 36.2. The van der Waals surface area contributed by atoms with Crippen LogP contribution >= 0.6 is 11.8 Å². The molecule has 0 amide bonds. The molecule has 0 bridgehead atoms. The van der Waals surface area contributed by atoms with Gasteiger partial charge in [0.1, 0.15) is 6.73 Å². The number of carbonyl (C=O) groups is 7. The average molecular weight is 1450 g/mol. The topological polar surface area (TPSA) is 358 Å². The van der Waals surface area contributed by atoms with Crippen molar-refractivity contribution in [2.24, 2.45) is 0 Å². The minimum absolute atomic E-state index is 0.203. The summed E-state index contributed by atoms with van der Waals surface area (Å²) < 4.78 is 10.4. The van der Waals surface area contributed by atoms with Crippen molar-refractivity contribution in [3.8, 4) is 0 Å². The van der Waals surface area contributed by atoms with Crippen molar-refractivity contribution in [1.29, 1.82) is 0 Å². The summed E-state index contributed by atoms with van der Waals surface area (Å²) in [5.74, 6) is -5.73. The number of carboxylic acids is 7. The highest BCUT2D eigenvalue weighted by molar-refractivity contribution is 7.99. The lowest BCUT2D eigenvalue weighted by atomic mass is 10.0. The third-order valence-electron chi connectivity index (χ3n) is 18.1. The van der Waals surface area contributed by atoms with Crippen LogP contribution in [0.3, 0.4) is 0 Å². The summed E-state index contributed by atoms with van der Waals surface area (Å²) in [7, 11) is 0. The Kier molecular flexibility index (Phi) is 31.9. The molecule has 7 fully saturated rings. The van der Waals surface area contributed by atoms with Crippen LogP contribution in [0.5, 0.6) is 0 Å². The van der Waals surface area contributed by atoms with E-state index in [0.29, 0.717) is 12.3 Å². The smallest absolute Gasteiger partial charge is 0.119 e. The zero-order chi connectivity index (χ0) is 75.0. The maximum Gasteiger partial charge on any atom is 0.119 e. The van der Waals surface area contributed by atoms with Gasteiger partial charge in [0.15, 0.2) is 0 Å². The number of benzene rings is 7. The SMILES string of the molecule is Cc1cc(N2CCCCCCC2)cc(C)c1C(=O)[O-].O=C([O-])c1ccc(N2CCCN2)cc1.O=C([O-])c1ccc(N2CCNC2)cc1.O=C([O-])c1ccc(N2CCNCC2)cc1.O=C([O-])c1ccc(N2CCOC2)cc1.O=C([O-])c1ccc(N2CCOCC2)cc1.O=C([O-])c1ccc(N2CCSC2)cc1. The van der Waals surface area contributed by atoms with Crippen molar-refractivity contribution >= 4 is 93.4 Å². The van der Waals surface area contributed by atoms with E-state index in [-0.39, 0.29) is 33.4 Å². The minimum atomic E-state index is -1.14. The van der Waals surface area contributed by atoms with Crippen LogP contribution in [0.25, 0.3) is 0 Å². The highest BCUT2D eigenvalue weighted by Gasteiger charge is 2.18. The number of nitrogens with zero attached hydrogens (tertiary/aromatic N) is 7. The van der Waals surface area contributed by atoms with E-state index in [4.69, 9.17) is 9.47 Å². The summed E-state index contributed by atoms with van der Waals surface area (Å²) >= 11 is 1.88. The Labute approximate surface area is 616 Å². The summed E-state index contributed by atoms with van der Waals surface area (Å²) in [6, 6.07) is 44.4. The molecule has 7 aliphatic rings. The summed E-state index contributed by atoms with van der Waals surface area (Å²) in [5.41, 5.74) is 13.8. The largest absolute Gasteiger partial charge is 0.545 e. The van der Waals surface area contributed by atoms with E-state index in [0.717, 1.165) is 187 Å². The van der Waals surface area contributed by atoms with Crippen LogP contribution in [0.2, 0.25) is 0 Å². The molecule has 7 aromatic rings. The second-order valence-electron chi connectivity index (χ2n) is 25.3. The van der Waals surface area contributed by atoms with Crippen molar-refractivity contribution in [3.05, 3.63) is 208 Å². The maximum absolute atomic E-state index is 11.1. The number of aryl methyl sites for hydroxylation is 2. The highest BCUT2D eigenvalue weighted by atomic mass is 32.2. The van der Waals surface area contributed by atoms with Gasteiger partial charge in [-0.2, -0.15) is 0 Å². The second-order valence-corrected chi connectivity index (χ2v) is 26.4. The van der Waals surface area contributed by atoms with Crippen LogP contribution in [0.4, 0.5) is 39.8 Å². The lowest BCUT2D eigenvalue weighted by Gasteiger charge is -2.29. The summed E-state index contributed by atoms with van der Waals surface area (Å²) in [6.45, 7) is 20.8. The Balaban J connectivity index is 0.000000155. The van der Waals surface area contributed by atoms with Gasteiger partial charge in [0.25, 0.3) is 0 Å². The number of nitrogens with one attached hydrogen (secondary N) is 3. The molecule has 0 saturated carbocycles. The van der Waals surface area contributed by atoms with Gasteiger partial charge in [-0.15, -0.1) is 11.8 Å². The Morgan fingerprint density at radius 3 is 1.05 bits per heavy atom. The maximum atomic E-state index is 11.1. The fraction of sp³-hybridized carbons (Fsp3) is 0.372. The molecule has 0 radical (unpaired) electrons. The number of anilines is 7. The number of hydrogen-bond donors (Lipinski definition) is 3. The average Bonchev–Trinajstić information content (AvgIpc) is 1.74. The molecule has 560 valence electrons. The first kappa shape index (κ1) is 80.3. The fourth-order valence-electron chi connectivity index (χ4n) is 12.2. The third-order valence-corrected chi connectivity index (χ3v) is 19.0. The van der Waals surface area contributed by atoms with Crippen LogP contribution in [-0.2, 0) is 9.47 Å². The van der Waals surface area contributed by atoms with Crippen LogP contribution in [0.15, 0.2) is 158 Å². The molecular weight excluding hydrogens is 1360 g/mol. The molecule has 0 atom stereocenters. The lowest BCUT2D eigenvalue weighted by molar-refractivity contribution is -0.256. The summed E-state index contributed by atoms with van der Waals surface area (Å²) in [6.07, 6.45) is 7.50. The van der Waals surface area contributed by atoms with E-state index < -0.39 is 41.8 Å². The van der Waals surface area contributed by atoms with E-state index >= 15 is 0 Å². The van der Waals surface area contributed by atoms with Gasteiger partial charge in [-0.1, -0.05) is 92.1 Å². The number of morpholine rings is 1. The summed E-state index contributed by atoms with van der Waals surface area (Å²) in [4.78, 5) is 87.4. The van der Waals surface area contributed by atoms with Gasteiger partial charge in [-0.25, -0.2) is 5.43 Å². The lowest BCUT2D eigenvalue weighted by Crippen LogP contribution is -2.43.